The summed E-state index contributed by atoms with van der Waals surface area (Å²) in [5.74, 6) is 0.0511. The Morgan fingerprint density at radius 1 is 1.07 bits per heavy atom. The molecule has 2 saturated heterocycles. The molecule has 2 aliphatic rings. The summed E-state index contributed by atoms with van der Waals surface area (Å²) in [5.41, 5.74) is 1.14. The van der Waals surface area contributed by atoms with Crippen LogP contribution < -0.4 is 10.6 Å². The van der Waals surface area contributed by atoms with Crippen molar-refractivity contribution in [2.75, 3.05) is 6.54 Å². The molecule has 1 aromatic carbocycles. The summed E-state index contributed by atoms with van der Waals surface area (Å²) in [6.45, 7) is 0.717. The van der Waals surface area contributed by atoms with E-state index in [1.165, 1.54) is 12.1 Å². The van der Waals surface area contributed by atoms with Gasteiger partial charge in [0, 0.05) is 12.7 Å². The Morgan fingerprint density at radius 2 is 1.82 bits per heavy atom. The Labute approximate surface area is 167 Å². The molecular weight excluding hydrogens is 391 g/mol. The van der Waals surface area contributed by atoms with Crippen LogP contribution >= 0.6 is 12.4 Å². The third-order valence-corrected chi connectivity index (χ3v) is 5.49. The average Bonchev–Trinajstić information content (AvgIpc) is 3.09. The van der Waals surface area contributed by atoms with E-state index in [9.17, 15) is 18.0 Å². The molecule has 2 N–H and O–H groups in total. The Bertz CT molecular complexity index is 857. The summed E-state index contributed by atoms with van der Waals surface area (Å²) in [7, 11) is 0. The Hall–Kier alpha value is -2.12. The molecule has 2 atom stereocenters. The third-order valence-electron chi connectivity index (χ3n) is 5.49. The van der Waals surface area contributed by atoms with Crippen LogP contribution in [0, 0.1) is 0 Å². The maximum atomic E-state index is 12.7. The number of nitrogens with one attached hydrogen (secondary N) is 2. The number of halogens is 4. The average molecular weight is 412 g/mol. The molecule has 2 aromatic rings. The van der Waals surface area contributed by atoms with Gasteiger partial charge in [0.25, 0.3) is 0 Å². The minimum absolute atomic E-state index is 0. The van der Waals surface area contributed by atoms with E-state index >= 15 is 0 Å². The second-order valence-electron chi connectivity index (χ2n) is 7.22. The normalized spacial score (nSPS) is 24.7. The number of carbonyl (C=O) groups is 1. The number of amides is 1. The largest absolute Gasteiger partial charge is 0.416 e. The van der Waals surface area contributed by atoms with Gasteiger partial charge in [-0.05, 0) is 61.1 Å². The highest BCUT2D eigenvalue weighted by Gasteiger charge is 2.46. The number of pyridine rings is 1. The van der Waals surface area contributed by atoms with E-state index in [-0.39, 0.29) is 24.4 Å². The number of carbonyl (C=O) groups excluding carboxylic acids is 1. The summed E-state index contributed by atoms with van der Waals surface area (Å²) in [4.78, 5) is 16.7. The van der Waals surface area contributed by atoms with Gasteiger partial charge in [-0.2, -0.15) is 13.2 Å². The lowest BCUT2D eigenvalue weighted by Crippen LogP contribution is -2.57. The fourth-order valence-electron chi connectivity index (χ4n) is 4.01. The van der Waals surface area contributed by atoms with E-state index < -0.39 is 17.3 Å². The fourth-order valence-corrected chi connectivity index (χ4v) is 4.01. The zero-order chi connectivity index (χ0) is 19.1. The lowest BCUT2D eigenvalue weighted by atomic mass is 9.88. The number of piperidine rings is 1. The molecule has 0 saturated carbocycles. The first kappa shape index (κ1) is 20.6. The van der Waals surface area contributed by atoms with Gasteiger partial charge in [-0.25, -0.2) is 0 Å². The van der Waals surface area contributed by atoms with E-state index in [0.717, 1.165) is 49.1 Å². The number of alkyl halides is 3. The van der Waals surface area contributed by atoms with E-state index in [1.807, 2.05) is 6.07 Å². The molecule has 4 rings (SSSR count). The number of hydrogen-bond acceptors (Lipinski definition) is 3. The van der Waals surface area contributed by atoms with Crippen molar-refractivity contribution >= 4 is 18.3 Å². The second-order valence-corrected chi connectivity index (χ2v) is 7.22. The Kier molecular flexibility index (Phi) is 5.68. The summed E-state index contributed by atoms with van der Waals surface area (Å²) in [6, 6.07) is 8.75. The zero-order valence-electron chi connectivity index (χ0n) is 15.1. The highest BCUT2D eigenvalue weighted by molar-refractivity contribution is 5.87. The van der Waals surface area contributed by atoms with Gasteiger partial charge in [0.2, 0.25) is 5.91 Å². The van der Waals surface area contributed by atoms with Crippen molar-refractivity contribution in [3.8, 4) is 11.1 Å². The molecule has 1 amide bonds. The number of rotatable bonds is 2. The van der Waals surface area contributed by atoms with Gasteiger partial charge in [0.1, 0.15) is 0 Å². The van der Waals surface area contributed by atoms with Crippen molar-refractivity contribution in [3.63, 3.8) is 0 Å². The van der Waals surface area contributed by atoms with Crippen molar-refractivity contribution in [3.05, 3.63) is 53.9 Å². The molecule has 3 heterocycles. The molecule has 8 heteroatoms. The highest BCUT2D eigenvalue weighted by Crippen LogP contribution is 2.37. The first-order valence-corrected chi connectivity index (χ1v) is 9.07. The van der Waals surface area contributed by atoms with Crippen LogP contribution in [0.5, 0.6) is 0 Å². The van der Waals surface area contributed by atoms with Crippen LogP contribution in [0.3, 0.4) is 0 Å². The van der Waals surface area contributed by atoms with Gasteiger partial charge in [-0.15, -0.1) is 12.4 Å². The highest BCUT2D eigenvalue weighted by atomic mass is 35.5. The van der Waals surface area contributed by atoms with Gasteiger partial charge in [-0.3, -0.25) is 15.1 Å². The number of nitrogens with zero attached hydrogens (tertiary/aromatic N) is 1. The molecule has 150 valence electrons. The van der Waals surface area contributed by atoms with E-state index in [2.05, 4.69) is 15.6 Å². The standard InChI is InChI=1S/C20H20F3N3O.ClH/c21-20(22,23)15-4-2-13(3-5-15)14-7-11-24-17(12-14)16-6-9-19(26-16)8-1-10-25-18(19)27;/h2-5,7,11-12,16,26H,1,6,8-10H2,(H,25,27);1H. The molecule has 1 spiro atoms. The van der Waals surface area contributed by atoms with Crippen LogP contribution in [-0.4, -0.2) is 23.0 Å². The maximum Gasteiger partial charge on any atom is 0.416 e. The quantitative estimate of drug-likeness (QED) is 0.776. The molecule has 28 heavy (non-hydrogen) atoms. The minimum atomic E-state index is -4.34. The van der Waals surface area contributed by atoms with Crippen LogP contribution in [0.2, 0.25) is 0 Å². The second kappa shape index (κ2) is 7.72. The Morgan fingerprint density at radius 3 is 2.50 bits per heavy atom. The molecule has 0 radical (unpaired) electrons. The summed E-state index contributed by atoms with van der Waals surface area (Å²) >= 11 is 0. The molecule has 1 aromatic heterocycles. The lowest BCUT2D eigenvalue weighted by molar-refractivity contribution is -0.137. The van der Waals surface area contributed by atoms with Gasteiger partial charge < -0.3 is 5.32 Å². The van der Waals surface area contributed by atoms with Gasteiger partial charge >= 0.3 is 6.18 Å². The first-order chi connectivity index (χ1) is 12.9. The van der Waals surface area contributed by atoms with Crippen molar-refractivity contribution in [2.24, 2.45) is 0 Å². The third kappa shape index (κ3) is 3.86. The predicted molar refractivity (Wildman–Crippen MR) is 102 cm³/mol. The Balaban J connectivity index is 0.00000225. The SMILES string of the molecule is Cl.O=C1NCCCC12CCC(c1cc(-c3ccc(C(F)(F)F)cc3)ccn1)N2. The molecular formula is C20H21ClF3N3O. The van der Waals surface area contributed by atoms with Crippen LogP contribution in [-0.2, 0) is 11.0 Å². The molecule has 4 nitrogen and oxygen atoms in total. The molecule has 2 unspecified atom stereocenters. The summed E-state index contributed by atoms with van der Waals surface area (Å²) in [6.07, 6.45) is 0.644. The maximum absolute atomic E-state index is 12.7. The van der Waals surface area contributed by atoms with Crippen molar-refractivity contribution in [2.45, 2.75) is 43.4 Å². The molecule has 0 bridgehead atoms. The molecule has 2 aliphatic heterocycles. The van der Waals surface area contributed by atoms with Crippen molar-refractivity contribution < 1.29 is 18.0 Å². The van der Waals surface area contributed by atoms with Crippen molar-refractivity contribution in [1.82, 2.24) is 15.6 Å². The summed E-state index contributed by atoms with van der Waals surface area (Å²) < 4.78 is 38.2. The topological polar surface area (TPSA) is 54.0 Å². The number of hydrogen-bond donors (Lipinski definition) is 2. The zero-order valence-corrected chi connectivity index (χ0v) is 15.9. The smallest absolute Gasteiger partial charge is 0.354 e. The number of benzene rings is 1. The van der Waals surface area contributed by atoms with E-state index in [4.69, 9.17) is 0 Å². The fraction of sp³-hybridized carbons (Fsp3) is 0.400. The molecule has 0 aliphatic carbocycles. The lowest BCUT2D eigenvalue weighted by Gasteiger charge is -2.33. The van der Waals surface area contributed by atoms with Crippen molar-refractivity contribution in [1.29, 1.82) is 0 Å². The first-order valence-electron chi connectivity index (χ1n) is 9.07. The van der Waals surface area contributed by atoms with Gasteiger partial charge in [-0.1, -0.05) is 12.1 Å². The van der Waals surface area contributed by atoms with Crippen LogP contribution in [0.4, 0.5) is 13.2 Å². The number of aromatic nitrogens is 1. The van der Waals surface area contributed by atoms with E-state index in [1.54, 1.807) is 12.3 Å². The van der Waals surface area contributed by atoms with Gasteiger partial charge in [0.05, 0.1) is 22.8 Å². The monoisotopic (exact) mass is 411 g/mol. The predicted octanol–water partition coefficient (Wildman–Crippen LogP) is 4.26. The summed E-state index contributed by atoms with van der Waals surface area (Å²) in [5, 5.41) is 6.38. The van der Waals surface area contributed by atoms with E-state index in [0.29, 0.717) is 12.1 Å². The van der Waals surface area contributed by atoms with Crippen LogP contribution in [0.25, 0.3) is 11.1 Å². The minimum Gasteiger partial charge on any atom is -0.354 e. The van der Waals surface area contributed by atoms with Gasteiger partial charge in [0.15, 0.2) is 0 Å². The van der Waals surface area contributed by atoms with Crippen LogP contribution in [0.15, 0.2) is 42.6 Å². The molecule has 2 fully saturated rings. The van der Waals surface area contributed by atoms with Crippen LogP contribution in [0.1, 0.15) is 43.0 Å².